The molecule has 1 aromatic heterocycles. The van der Waals surface area contributed by atoms with Crippen molar-refractivity contribution in [3.63, 3.8) is 0 Å². The highest BCUT2D eigenvalue weighted by molar-refractivity contribution is 5.96. The summed E-state index contributed by atoms with van der Waals surface area (Å²) in [7, 11) is 3.22. The molecular weight excluding hydrogens is 354 g/mol. The van der Waals surface area contributed by atoms with E-state index in [2.05, 4.69) is 10.4 Å². The summed E-state index contributed by atoms with van der Waals surface area (Å²) < 4.78 is 12.5. The number of nitrogens with zero attached hydrogens (tertiary/aromatic N) is 2. The molecular formula is C22H25N3O3. The van der Waals surface area contributed by atoms with E-state index >= 15 is 0 Å². The number of methoxy groups -OCH3 is 2. The molecule has 3 rings (SSSR count). The van der Waals surface area contributed by atoms with Crippen molar-refractivity contribution in [3.8, 4) is 17.2 Å². The molecule has 6 nitrogen and oxygen atoms in total. The van der Waals surface area contributed by atoms with E-state index in [0.29, 0.717) is 22.8 Å². The Morgan fingerprint density at radius 1 is 1.07 bits per heavy atom. The molecule has 6 heteroatoms. The normalized spacial score (nSPS) is 11.8. The summed E-state index contributed by atoms with van der Waals surface area (Å²) in [5, 5.41) is 7.61. The Hall–Kier alpha value is -3.28. The van der Waals surface area contributed by atoms with Crippen LogP contribution >= 0.6 is 0 Å². The number of amides is 1. The minimum absolute atomic E-state index is 0.172. The number of para-hydroxylation sites is 1. The monoisotopic (exact) mass is 379 g/mol. The molecule has 0 saturated heterocycles. The Kier molecular flexibility index (Phi) is 5.68. The molecule has 0 aliphatic heterocycles. The van der Waals surface area contributed by atoms with Crippen LogP contribution in [-0.2, 0) is 0 Å². The molecule has 0 saturated carbocycles. The number of nitrogens with one attached hydrogen (secondary N) is 1. The highest BCUT2D eigenvalue weighted by Gasteiger charge is 2.22. The Bertz CT molecular complexity index is 980. The van der Waals surface area contributed by atoms with Crippen molar-refractivity contribution in [2.75, 3.05) is 14.2 Å². The van der Waals surface area contributed by atoms with E-state index in [9.17, 15) is 4.79 Å². The van der Waals surface area contributed by atoms with Gasteiger partial charge in [-0.25, -0.2) is 4.68 Å². The second-order valence-electron chi connectivity index (χ2n) is 6.60. The van der Waals surface area contributed by atoms with Gasteiger partial charge in [-0.2, -0.15) is 5.10 Å². The van der Waals surface area contributed by atoms with Gasteiger partial charge in [-0.3, -0.25) is 4.79 Å². The lowest BCUT2D eigenvalue weighted by Crippen LogP contribution is -2.28. The van der Waals surface area contributed by atoms with Gasteiger partial charge in [-0.05, 0) is 51.1 Å². The zero-order chi connectivity index (χ0) is 20.3. The van der Waals surface area contributed by atoms with E-state index in [-0.39, 0.29) is 11.9 Å². The van der Waals surface area contributed by atoms with Gasteiger partial charge >= 0.3 is 0 Å². The summed E-state index contributed by atoms with van der Waals surface area (Å²) in [5.41, 5.74) is 3.83. The molecule has 146 valence electrons. The van der Waals surface area contributed by atoms with E-state index in [1.54, 1.807) is 18.9 Å². The van der Waals surface area contributed by atoms with Gasteiger partial charge in [0.05, 0.1) is 42.9 Å². The fourth-order valence-corrected chi connectivity index (χ4v) is 3.32. The highest BCUT2D eigenvalue weighted by atomic mass is 16.5. The van der Waals surface area contributed by atoms with Gasteiger partial charge in [0.15, 0.2) is 0 Å². The number of aromatic nitrogens is 2. The van der Waals surface area contributed by atoms with Crippen LogP contribution in [0.5, 0.6) is 11.5 Å². The van der Waals surface area contributed by atoms with Crippen LogP contribution in [0.1, 0.15) is 40.3 Å². The molecule has 1 unspecified atom stereocenters. The van der Waals surface area contributed by atoms with Gasteiger partial charge in [0, 0.05) is 5.56 Å². The average molecular weight is 379 g/mol. The molecule has 1 amide bonds. The van der Waals surface area contributed by atoms with E-state index in [1.165, 1.54) is 0 Å². The molecule has 0 fully saturated rings. The van der Waals surface area contributed by atoms with Crippen molar-refractivity contribution in [3.05, 3.63) is 71.0 Å². The van der Waals surface area contributed by atoms with Crippen LogP contribution < -0.4 is 14.8 Å². The molecule has 3 aromatic rings. The zero-order valence-corrected chi connectivity index (χ0v) is 16.8. The van der Waals surface area contributed by atoms with Crippen molar-refractivity contribution < 1.29 is 14.3 Å². The third kappa shape index (κ3) is 3.71. The SMILES string of the molecule is COc1ccc(OC)c(C(C)NC(=O)c2c(C)nn(-c3ccccc3)c2C)c1. The molecule has 1 heterocycles. The summed E-state index contributed by atoms with van der Waals surface area (Å²) in [5.74, 6) is 1.23. The van der Waals surface area contributed by atoms with Crippen molar-refractivity contribution >= 4 is 5.91 Å². The lowest BCUT2D eigenvalue weighted by molar-refractivity contribution is 0.0938. The van der Waals surface area contributed by atoms with Crippen molar-refractivity contribution in [2.45, 2.75) is 26.8 Å². The lowest BCUT2D eigenvalue weighted by Gasteiger charge is -2.18. The second kappa shape index (κ2) is 8.17. The molecule has 0 bridgehead atoms. The zero-order valence-electron chi connectivity index (χ0n) is 16.8. The van der Waals surface area contributed by atoms with E-state index in [0.717, 1.165) is 16.9 Å². The van der Waals surface area contributed by atoms with Crippen LogP contribution in [0.15, 0.2) is 48.5 Å². The van der Waals surface area contributed by atoms with Crippen LogP contribution in [0, 0.1) is 13.8 Å². The first-order valence-corrected chi connectivity index (χ1v) is 9.10. The number of hydrogen-bond donors (Lipinski definition) is 1. The van der Waals surface area contributed by atoms with Crippen molar-refractivity contribution in [2.24, 2.45) is 0 Å². The summed E-state index contributed by atoms with van der Waals surface area (Å²) in [6, 6.07) is 15.0. The molecule has 0 radical (unpaired) electrons. The molecule has 0 aliphatic rings. The Balaban J connectivity index is 1.89. The minimum atomic E-state index is -0.267. The highest BCUT2D eigenvalue weighted by Crippen LogP contribution is 2.29. The van der Waals surface area contributed by atoms with Crippen LogP contribution in [0.2, 0.25) is 0 Å². The second-order valence-corrected chi connectivity index (χ2v) is 6.60. The molecule has 0 spiro atoms. The van der Waals surface area contributed by atoms with Gasteiger partial charge in [-0.1, -0.05) is 18.2 Å². The van der Waals surface area contributed by atoms with Gasteiger partial charge in [0.2, 0.25) is 0 Å². The molecule has 1 N–H and O–H groups in total. The first-order valence-electron chi connectivity index (χ1n) is 9.10. The quantitative estimate of drug-likeness (QED) is 0.703. The molecule has 2 aromatic carbocycles. The van der Waals surface area contributed by atoms with Gasteiger partial charge in [-0.15, -0.1) is 0 Å². The average Bonchev–Trinajstić information content (AvgIpc) is 3.02. The molecule has 28 heavy (non-hydrogen) atoms. The Labute approximate surface area is 165 Å². The van der Waals surface area contributed by atoms with Gasteiger partial charge in [0.25, 0.3) is 5.91 Å². The van der Waals surface area contributed by atoms with Crippen LogP contribution in [-0.4, -0.2) is 29.9 Å². The first-order chi connectivity index (χ1) is 13.5. The fraction of sp³-hybridized carbons (Fsp3) is 0.273. The van der Waals surface area contributed by atoms with E-state index < -0.39 is 0 Å². The first kappa shape index (κ1) is 19.5. The number of carbonyl (C=O) groups is 1. The largest absolute Gasteiger partial charge is 0.497 e. The summed E-state index contributed by atoms with van der Waals surface area (Å²) in [6.07, 6.45) is 0. The topological polar surface area (TPSA) is 65.4 Å². The van der Waals surface area contributed by atoms with Gasteiger partial charge in [0.1, 0.15) is 11.5 Å². The third-order valence-electron chi connectivity index (χ3n) is 4.77. The van der Waals surface area contributed by atoms with Gasteiger partial charge < -0.3 is 14.8 Å². The maximum atomic E-state index is 13.0. The Morgan fingerprint density at radius 2 is 1.79 bits per heavy atom. The number of hydrogen-bond acceptors (Lipinski definition) is 4. The smallest absolute Gasteiger partial charge is 0.255 e. The van der Waals surface area contributed by atoms with Crippen LogP contribution in [0.3, 0.4) is 0 Å². The summed E-state index contributed by atoms with van der Waals surface area (Å²) in [6.45, 7) is 5.67. The molecule has 0 aliphatic carbocycles. The summed E-state index contributed by atoms with van der Waals surface area (Å²) >= 11 is 0. The predicted octanol–water partition coefficient (Wildman–Crippen LogP) is 4.00. The maximum Gasteiger partial charge on any atom is 0.255 e. The van der Waals surface area contributed by atoms with E-state index in [4.69, 9.17) is 9.47 Å². The fourth-order valence-electron chi connectivity index (χ4n) is 3.32. The standard InChI is InChI=1S/C22H25N3O3/c1-14(19-13-18(27-4)11-12-20(19)28-5)23-22(26)21-15(2)24-25(16(21)3)17-9-7-6-8-10-17/h6-14H,1-5H3,(H,23,26). The number of carbonyl (C=O) groups excluding carboxylic acids is 1. The number of rotatable bonds is 6. The van der Waals surface area contributed by atoms with Crippen LogP contribution in [0.4, 0.5) is 0 Å². The van der Waals surface area contributed by atoms with Crippen molar-refractivity contribution in [1.29, 1.82) is 0 Å². The van der Waals surface area contributed by atoms with Crippen molar-refractivity contribution in [1.82, 2.24) is 15.1 Å². The molecule has 1 atom stereocenters. The number of aryl methyl sites for hydroxylation is 1. The third-order valence-corrected chi connectivity index (χ3v) is 4.77. The summed E-state index contributed by atoms with van der Waals surface area (Å²) in [4.78, 5) is 13.0. The Morgan fingerprint density at radius 3 is 2.43 bits per heavy atom. The minimum Gasteiger partial charge on any atom is -0.497 e. The van der Waals surface area contributed by atoms with E-state index in [1.807, 2.05) is 69.3 Å². The van der Waals surface area contributed by atoms with Crippen LogP contribution in [0.25, 0.3) is 5.69 Å². The number of ether oxygens (including phenoxy) is 2. The lowest BCUT2D eigenvalue weighted by atomic mass is 10.1. The predicted molar refractivity (Wildman–Crippen MR) is 108 cm³/mol. The maximum absolute atomic E-state index is 13.0. The number of benzene rings is 2.